The summed E-state index contributed by atoms with van der Waals surface area (Å²) in [6, 6.07) is 15.1. The zero-order valence-electron chi connectivity index (χ0n) is 10.8. The van der Waals surface area contributed by atoms with E-state index >= 15 is 0 Å². The Morgan fingerprint density at radius 1 is 1.16 bits per heavy atom. The maximum Gasteiger partial charge on any atom is 0.339 e. The molecule has 0 aliphatic rings. The molecule has 0 saturated heterocycles. The summed E-state index contributed by atoms with van der Waals surface area (Å²) in [5.41, 5.74) is 3.32. The van der Waals surface area contributed by atoms with Gasteiger partial charge in [-0.3, -0.25) is 0 Å². The number of nitrogens with zero attached hydrogens (tertiary/aromatic N) is 1. The lowest BCUT2D eigenvalue weighted by Gasteiger charge is -2.11. The summed E-state index contributed by atoms with van der Waals surface area (Å²) in [6.07, 6.45) is 0. The molecule has 0 unspecified atom stereocenters. The molecule has 0 N–H and O–H groups in total. The van der Waals surface area contributed by atoms with Gasteiger partial charge in [0.05, 0.1) is 18.2 Å². The van der Waals surface area contributed by atoms with Crippen LogP contribution in [0.4, 0.5) is 0 Å². The van der Waals surface area contributed by atoms with Crippen molar-refractivity contribution < 1.29 is 9.53 Å². The Morgan fingerprint density at radius 2 is 1.84 bits per heavy atom. The van der Waals surface area contributed by atoms with Gasteiger partial charge in [-0.25, -0.2) is 4.79 Å². The average molecular weight is 251 g/mol. The minimum absolute atomic E-state index is 0.300. The molecule has 0 atom stereocenters. The second-order valence-corrected chi connectivity index (χ2v) is 4.15. The van der Waals surface area contributed by atoms with Crippen molar-refractivity contribution >= 4 is 5.97 Å². The van der Waals surface area contributed by atoms with E-state index in [0.717, 1.165) is 16.7 Å². The first-order valence-corrected chi connectivity index (χ1v) is 5.86. The molecule has 0 amide bonds. The predicted molar refractivity (Wildman–Crippen MR) is 72.7 cm³/mol. The summed E-state index contributed by atoms with van der Waals surface area (Å²) in [4.78, 5) is 11.7. The highest BCUT2D eigenvalue weighted by atomic mass is 16.5. The van der Waals surface area contributed by atoms with Gasteiger partial charge in [-0.15, -0.1) is 0 Å². The fraction of sp³-hybridized carbons (Fsp3) is 0.125. The van der Waals surface area contributed by atoms with Crippen LogP contribution in [0.5, 0.6) is 0 Å². The first-order chi connectivity index (χ1) is 9.19. The third-order valence-electron chi connectivity index (χ3n) is 2.99. The Bertz CT molecular complexity index is 654. The maximum atomic E-state index is 11.7. The van der Waals surface area contributed by atoms with Crippen LogP contribution in [0.3, 0.4) is 0 Å². The third kappa shape index (κ3) is 2.34. The van der Waals surface area contributed by atoms with Gasteiger partial charge in [0.2, 0.25) is 0 Å². The summed E-state index contributed by atoms with van der Waals surface area (Å²) in [5.74, 6) is -0.492. The van der Waals surface area contributed by atoms with Crippen LogP contribution < -0.4 is 0 Å². The molecule has 0 spiro atoms. The van der Waals surface area contributed by atoms with Crippen LogP contribution in [0.1, 0.15) is 21.5 Å². The molecule has 19 heavy (non-hydrogen) atoms. The van der Waals surface area contributed by atoms with Gasteiger partial charge >= 0.3 is 5.97 Å². The quantitative estimate of drug-likeness (QED) is 0.769. The molecule has 0 fully saturated rings. The molecule has 2 aromatic rings. The molecule has 0 bridgehead atoms. The van der Waals surface area contributed by atoms with Crippen molar-refractivity contribution in [3.8, 4) is 17.2 Å². The lowest BCUT2D eigenvalue weighted by molar-refractivity contribution is 0.0600. The highest BCUT2D eigenvalue weighted by molar-refractivity contribution is 5.95. The SMILES string of the molecule is COC(=O)c1ccc(C)c(-c2ccccc2)c1C#N. The Labute approximate surface area is 112 Å². The lowest BCUT2D eigenvalue weighted by Crippen LogP contribution is -2.06. The summed E-state index contributed by atoms with van der Waals surface area (Å²) < 4.78 is 4.72. The fourth-order valence-corrected chi connectivity index (χ4v) is 2.08. The first kappa shape index (κ1) is 12.8. The summed E-state index contributed by atoms with van der Waals surface area (Å²) in [7, 11) is 1.31. The molecule has 0 radical (unpaired) electrons. The number of rotatable bonds is 2. The van der Waals surface area contributed by atoms with Crippen molar-refractivity contribution in [3.63, 3.8) is 0 Å². The zero-order valence-corrected chi connectivity index (χ0v) is 10.8. The highest BCUT2D eigenvalue weighted by Gasteiger charge is 2.18. The van der Waals surface area contributed by atoms with E-state index in [4.69, 9.17) is 4.74 Å². The summed E-state index contributed by atoms with van der Waals surface area (Å²) in [6.45, 7) is 1.92. The van der Waals surface area contributed by atoms with Crippen molar-refractivity contribution in [2.24, 2.45) is 0 Å². The van der Waals surface area contributed by atoms with E-state index in [1.54, 1.807) is 6.07 Å². The minimum Gasteiger partial charge on any atom is -0.465 e. The van der Waals surface area contributed by atoms with Crippen molar-refractivity contribution in [1.82, 2.24) is 0 Å². The van der Waals surface area contributed by atoms with E-state index in [0.29, 0.717) is 11.1 Å². The molecule has 2 aromatic carbocycles. The molecule has 0 aliphatic carbocycles. The standard InChI is InChI=1S/C16H13NO2/c1-11-8-9-13(16(18)19-2)14(10-17)15(11)12-6-4-3-5-7-12/h3-9H,1-2H3. The van der Waals surface area contributed by atoms with Crippen LogP contribution in [0, 0.1) is 18.3 Å². The van der Waals surface area contributed by atoms with Crippen molar-refractivity contribution in [2.75, 3.05) is 7.11 Å². The van der Waals surface area contributed by atoms with Crippen LogP contribution in [0.25, 0.3) is 11.1 Å². The van der Waals surface area contributed by atoms with Crippen molar-refractivity contribution in [3.05, 3.63) is 59.2 Å². The Hall–Kier alpha value is -2.60. The van der Waals surface area contributed by atoms with Gasteiger partial charge < -0.3 is 4.74 Å². The van der Waals surface area contributed by atoms with E-state index < -0.39 is 5.97 Å². The highest BCUT2D eigenvalue weighted by Crippen LogP contribution is 2.29. The van der Waals surface area contributed by atoms with Gasteiger partial charge in [0.25, 0.3) is 0 Å². The monoisotopic (exact) mass is 251 g/mol. The number of benzene rings is 2. The van der Waals surface area contributed by atoms with Crippen LogP contribution >= 0.6 is 0 Å². The Morgan fingerprint density at radius 3 is 2.42 bits per heavy atom. The van der Waals surface area contributed by atoms with Gasteiger partial charge in [0, 0.05) is 5.56 Å². The number of ether oxygens (including phenoxy) is 1. The van der Waals surface area contributed by atoms with E-state index in [9.17, 15) is 10.1 Å². The largest absolute Gasteiger partial charge is 0.465 e. The third-order valence-corrected chi connectivity index (χ3v) is 2.99. The zero-order chi connectivity index (χ0) is 13.8. The molecule has 0 saturated carbocycles. The maximum absolute atomic E-state index is 11.7. The molecule has 0 heterocycles. The average Bonchev–Trinajstić information content (AvgIpc) is 2.46. The molecule has 0 aliphatic heterocycles. The number of hydrogen-bond donors (Lipinski definition) is 0. The smallest absolute Gasteiger partial charge is 0.339 e. The molecule has 94 valence electrons. The summed E-state index contributed by atoms with van der Waals surface area (Å²) >= 11 is 0. The second kappa shape index (κ2) is 5.36. The number of nitriles is 1. The van der Waals surface area contributed by atoms with Gasteiger partial charge in [0.15, 0.2) is 0 Å². The van der Waals surface area contributed by atoms with Gasteiger partial charge in [-0.1, -0.05) is 36.4 Å². The number of aryl methyl sites for hydroxylation is 1. The number of methoxy groups -OCH3 is 1. The van der Waals surface area contributed by atoms with E-state index in [-0.39, 0.29) is 0 Å². The molecule has 3 heteroatoms. The normalized spacial score (nSPS) is 9.74. The number of hydrogen-bond acceptors (Lipinski definition) is 3. The Kier molecular flexibility index (Phi) is 3.63. The molecule has 2 rings (SSSR count). The minimum atomic E-state index is -0.492. The van der Waals surface area contributed by atoms with Crippen molar-refractivity contribution in [1.29, 1.82) is 5.26 Å². The molecule has 0 aromatic heterocycles. The van der Waals surface area contributed by atoms with Crippen LogP contribution in [0.15, 0.2) is 42.5 Å². The van der Waals surface area contributed by atoms with Crippen LogP contribution in [-0.4, -0.2) is 13.1 Å². The second-order valence-electron chi connectivity index (χ2n) is 4.15. The number of esters is 1. The molecule has 3 nitrogen and oxygen atoms in total. The summed E-state index contributed by atoms with van der Waals surface area (Å²) in [5, 5.41) is 9.37. The van der Waals surface area contributed by atoms with Crippen LogP contribution in [-0.2, 0) is 4.74 Å². The topological polar surface area (TPSA) is 50.1 Å². The lowest BCUT2D eigenvalue weighted by atomic mass is 9.92. The molecular weight excluding hydrogens is 238 g/mol. The van der Waals surface area contributed by atoms with Gasteiger partial charge in [0.1, 0.15) is 6.07 Å². The molecular formula is C16H13NO2. The number of carbonyl (C=O) groups is 1. The van der Waals surface area contributed by atoms with Crippen LogP contribution in [0.2, 0.25) is 0 Å². The fourth-order valence-electron chi connectivity index (χ4n) is 2.08. The van der Waals surface area contributed by atoms with E-state index in [2.05, 4.69) is 6.07 Å². The number of carbonyl (C=O) groups excluding carboxylic acids is 1. The van der Waals surface area contributed by atoms with E-state index in [1.807, 2.05) is 43.3 Å². The van der Waals surface area contributed by atoms with Crippen molar-refractivity contribution in [2.45, 2.75) is 6.92 Å². The van der Waals surface area contributed by atoms with Gasteiger partial charge in [-0.2, -0.15) is 5.26 Å². The Balaban J connectivity index is 2.74. The predicted octanol–water partition coefficient (Wildman–Crippen LogP) is 3.32. The first-order valence-electron chi connectivity index (χ1n) is 5.86. The van der Waals surface area contributed by atoms with Gasteiger partial charge in [-0.05, 0) is 24.1 Å². The van der Waals surface area contributed by atoms with E-state index in [1.165, 1.54) is 7.11 Å².